The molecule has 19 heavy (non-hydrogen) atoms. The Morgan fingerprint density at radius 1 is 1.42 bits per heavy atom. The zero-order valence-electron chi connectivity index (χ0n) is 12.9. The fourth-order valence-electron chi connectivity index (χ4n) is 2.34. The Hall–Kier alpha value is -1.54. The molecule has 0 bridgehead atoms. The topological polar surface area (TPSA) is 56.9 Å². The first-order chi connectivity index (χ1) is 8.85. The van der Waals surface area contributed by atoms with E-state index in [0.717, 1.165) is 24.5 Å². The summed E-state index contributed by atoms with van der Waals surface area (Å²) in [4.78, 5) is 2.16. The predicted octanol–water partition coefficient (Wildman–Crippen LogP) is 1.99. The van der Waals surface area contributed by atoms with E-state index in [0.29, 0.717) is 17.5 Å². The summed E-state index contributed by atoms with van der Waals surface area (Å²) < 4.78 is 1.76. The van der Waals surface area contributed by atoms with E-state index >= 15 is 0 Å². The second-order valence-corrected chi connectivity index (χ2v) is 5.78. The third-order valence-corrected chi connectivity index (χ3v) is 3.02. The number of anilines is 1. The van der Waals surface area contributed by atoms with Crippen molar-refractivity contribution in [3.05, 3.63) is 11.3 Å². The maximum absolute atomic E-state index is 9.24. The second-order valence-electron chi connectivity index (χ2n) is 5.78. The fourth-order valence-corrected chi connectivity index (χ4v) is 2.34. The lowest BCUT2D eigenvalue weighted by molar-refractivity contribution is 0.355. The monoisotopic (exact) mass is 263 g/mol. The fraction of sp³-hybridized carbons (Fsp3) is 0.714. The second kappa shape index (κ2) is 6.58. The van der Waals surface area contributed by atoms with Crippen molar-refractivity contribution in [3.63, 3.8) is 0 Å². The smallest absolute Gasteiger partial charge is 0.142 e. The molecule has 0 aliphatic heterocycles. The Morgan fingerprint density at radius 2 is 2.05 bits per heavy atom. The highest BCUT2D eigenvalue weighted by Gasteiger charge is 2.18. The molecule has 0 saturated carbocycles. The summed E-state index contributed by atoms with van der Waals surface area (Å²) in [5.74, 6) is 1.44. The van der Waals surface area contributed by atoms with Crippen LogP contribution in [0.3, 0.4) is 0 Å². The van der Waals surface area contributed by atoms with Gasteiger partial charge in [-0.15, -0.1) is 0 Å². The molecule has 1 N–H and O–H groups in total. The van der Waals surface area contributed by atoms with E-state index in [1.54, 1.807) is 4.68 Å². The number of nitrogens with one attached hydrogen (secondary N) is 1. The van der Waals surface area contributed by atoms with Crippen molar-refractivity contribution in [2.45, 2.75) is 33.2 Å². The lowest BCUT2D eigenvalue weighted by atomic mass is 10.0. The van der Waals surface area contributed by atoms with E-state index in [4.69, 9.17) is 0 Å². The number of hydrogen-bond donors (Lipinski definition) is 1. The van der Waals surface area contributed by atoms with Gasteiger partial charge in [0.15, 0.2) is 0 Å². The molecular weight excluding hydrogens is 238 g/mol. The van der Waals surface area contributed by atoms with E-state index < -0.39 is 0 Å². The average molecular weight is 263 g/mol. The molecule has 5 nitrogen and oxygen atoms in total. The molecule has 1 heterocycles. The van der Waals surface area contributed by atoms with Gasteiger partial charge in [0.05, 0.1) is 5.69 Å². The van der Waals surface area contributed by atoms with Gasteiger partial charge in [0, 0.05) is 19.6 Å². The lowest BCUT2D eigenvalue weighted by Crippen LogP contribution is -2.34. The number of hydrogen-bond acceptors (Lipinski definition) is 4. The minimum absolute atomic E-state index is 0.317. The van der Waals surface area contributed by atoms with Crippen molar-refractivity contribution in [2.75, 3.05) is 26.0 Å². The molecule has 106 valence electrons. The third kappa shape index (κ3) is 4.25. The molecule has 0 spiro atoms. The van der Waals surface area contributed by atoms with Crippen LogP contribution in [-0.2, 0) is 7.05 Å². The van der Waals surface area contributed by atoms with Crippen LogP contribution in [-0.4, -0.2) is 41.4 Å². The van der Waals surface area contributed by atoms with Gasteiger partial charge in [-0.1, -0.05) is 13.8 Å². The molecule has 0 radical (unpaired) electrons. The van der Waals surface area contributed by atoms with Gasteiger partial charge in [0.25, 0.3) is 0 Å². The van der Waals surface area contributed by atoms with Crippen LogP contribution in [0.4, 0.5) is 5.82 Å². The number of likely N-dealkylation sites (N-methyl/N-ethyl adjacent to an activating group) is 1. The summed E-state index contributed by atoms with van der Waals surface area (Å²) in [6.45, 7) is 7.23. The predicted molar refractivity (Wildman–Crippen MR) is 78.1 cm³/mol. The molecule has 0 aliphatic rings. The normalized spacial score (nSPS) is 12.8. The maximum Gasteiger partial charge on any atom is 0.142 e. The summed E-state index contributed by atoms with van der Waals surface area (Å²) >= 11 is 0. The minimum Gasteiger partial charge on any atom is -0.365 e. The minimum atomic E-state index is 0.317. The standard InChI is InChI=1S/C14H25N5/c1-10(2)7-12(9-18(4)5)16-14-13(8-15)11(3)17-19(14)6/h10,12,16H,7,9H2,1-6H3. The lowest BCUT2D eigenvalue weighted by Gasteiger charge is -2.25. The van der Waals surface area contributed by atoms with Crippen molar-refractivity contribution >= 4 is 5.82 Å². The van der Waals surface area contributed by atoms with Gasteiger partial charge in [0.2, 0.25) is 0 Å². The summed E-state index contributed by atoms with van der Waals surface area (Å²) in [5.41, 5.74) is 1.43. The van der Waals surface area contributed by atoms with E-state index in [9.17, 15) is 5.26 Å². The third-order valence-electron chi connectivity index (χ3n) is 3.02. The van der Waals surface area contributed by atoms with E-state index in [1.165, 1.54) is 0 Å². The number of aromatic nitrogens is 2. The highest BCUT2D eigenvalue weighted by molar-refractivity contribution is 5.55. The van der Waals surface area contributed by atoms with Crippen molar-refractivity contribution in [1.82, 2.24) is 14.7 Å². The van der Waals surface area contributed by atoms with E-state index in [-0.39, 0.29) is 0 Å². The van der Waals surface area contributed by atoms with Crippen LogP contribution in [0.2, 0.25) is 0 Å². The molecule has 1 unspecified atom stereocenters. The quantitative estimate of drug-likeness (QED) is 0.852. The molecule has 0 aromatic carbocycles. The van der Waals surface area contributed by atoms with Crippen LogP contribution in [0.25, 0.3) is 0 Å². The van der Waals surface area contributed by atoms with Crippen LogP contribution in [0.5, 0.6) is 0 Å². The van der Waals surface area contributed by atoms with Crippen molar-refractivity contribution in [3.8, 4) is 6.07 Å². The van der Waals surface area contributed by atoms with Crippen LogP contribution in [0.15, 0.2) is 0 Å². The maximum atomic E-state index is 9.24. The average Bonchev–Trinajstić information content (AvgIpc) is 2.51. The summed E-state index contributed by atoms with van der Waals surface area (Å²) in [7, 11) is 6.00. The molecule has 1 aromatic rings. The number of nitriles is 1. The van der Waals surface area contributed by atoms with E-state index in [1.807, 2.05) is 14.0 Å². The molecule has 0 aliphatic carbocycles. The Balaban J connectivity index is 2.93. The number of aryl methyl sites for hydroxylation is 2. The van der Waals surface area contributed by atoms with Crippen LogP contribution in [0.1, 0.15) is 31.5 Å². The molecule has 0 fully saturated rings. The largest absolute Gasteiger partial charge is 0.365 e. The van der Waals surface area contributed by atoms with Gasteiger partial charge in [0.1, 0.15) is 17.5 Å². The summed E-state index contributed by atoms with van der Waals surface area (Å²) in [5, 5.41) is 17.0. The zero-order valence-corrected chi connectivity index (χ0v) is 12.9. The van der Waals surface area contributed by atoms with Gasteiger partial charge < -0.3 is 10.2 Å². The molecule has 1 aromatic heterocycles. The van der Waals surface area contributed by atoms with Crippen molar-refractivity contribution < 1.29 is 0 Å². The Kier molecular flexibility index (Phi) is 5.37. The highest BCUT2D eigenvalue weighted by atomic mass is 15.3. The van der Waals surface area contributed by atoms with Crippen LogP contribution < -0.4 is 5.32 Å². The molecule has 0 saturated heterocycles. The zero-order chi connectivity index (χ0) is 14.6. The van der Waals surface area contributed by atoms with Gasteiger partial charge >= 0.3 is 0 Å². The summed E-state index contributed by atoms with van der Waals surface area (Å²) in [6, 6.07) is 2.55. The van der Waals surface area contributed by atoms with Crippen molar-refractivity contribution in [2.24, 2.45) is 13.0 Å². The summed E-state index contributed by atoms with van der Waals surface area (Å²) in [6.07, 6.45) is 1.06. The van der Waals surface area contributed by atoms with E-state index in [2.05, 4.69) is 49.3 Å². The van der Waals surface area contributed by atoms with Crippen LogP contribution >= 0.6 is 0 Å². The SMILES string of the molecule is Cc1nn(C)c(NC(CC(C)C)CN(C)C)c1C#N. The molecule has 1 atom stereocenters. The van der Waals surface area contributed by atoms with Crippen LogP contribution in [0, 0.1) is 24.2 Å². The Labute approximate surface area is 116 Å². The van der Waals surface area contributed by atoms with Gasteiger partial charge in [-0.2, -0.15) is 10.4 Å². The van der Waals surface area contributed by atoms with Gasteiger partial charge in [-0.05, 0) is 33.4 Å². The highest BCUT2D eigenvalue weighted by Crippen LogP contribution is 2.20. The first-order valence-electron chi connectivity index (χ1n) is 6.70. The van der Waals surface area contributed by atoms with Crippen molar-refractivity contribution in [1.29, 1.82) is 5.26 Å². The first kappa shape index (κ1) is 15.5. The number of rotatable bonds is 6. The Morgan fingerprint density at radius 3 is 2.53 bits per heavy atom. The molecule has 5 heteroatoms. The number of nitrogens with zero attached hydrogens (tertiary/aromatic N) is 4. The Bertz CT molecular complexity index is 443. The first-order valence-corrected chi connectivity index (χ1v) is 6.70. The molecular formula is C14H25N5. The van der Waals surface area contributed by atoms with Gasteiger partial charge in [-0.3, -0.25) is 4.68 Å². The molecule has 1 rings (SSSR count). The molecule has 0 amide bonds. The van der Waals surface area contributed by atoms with Gasteiger partial charge in [-0.25, -0.2) is 0 Å².